The third-order valence-corrected chi connectivity index (χ3v) is 7.18. The van der Waals surface area contributed by atoms with Crippen LogP contribution in [-0.2, 0) is 10.0 Å². The molecule has 2 saturated heterocycles. The fourth-order valence-corrected chi connectivity index (χ4v) is 5.38. The Balaban J connectivity index is 1.52. The van der Waals surface area contributed by atoms with E-state index in [9.17, 15) is 17.6 Å². The van der Waals surface area contributed by atoms with Crippen LogP contribution in [0.1, 0.15) is 36.0 Å². The molecular weight excluding hydrogens is 405 g/mol. The van der Waals surface area contributed by atoms with E-state index in [4.69, 9.17) is 0 Å². The molecule has 0 saturated carbocycles. The Hall–Kier alpha value is -2.45. The number of nitrogens with one attached hydrogen (secondary N) is 1. The monoisotopic (exact) mass is 431 g/mol. The molecule has 2 fully saturated rings. The van der Waals surface area contributed by atoms with Crippen LogP contribution in [-0.4, -0.2) is 56.3 Å². The molecule has 0 aromatic heterocycles. The van der Waals surface area contributed by atoms with E-state index >= 15 is 0 Å². The van der Waals surface area contributed by atoms with E-state index in [1.54, 1.807) is 18.2 Å². The highest BCUT2D eigenvalue weighted by molar-refractivity contribution is 7.92. The van der Waals surface area contributed by atoms with Gasteiger partial charge in [-0.3, -0.25) is 9.52 Å². The number of carbonyl (C=O) groups excluding carboxylic acids is 1. The minimum atomic E-state index is -4.02. The van der Waals surface area contributed by atoms with E-state index in [2.05, 4.69) is 9.62 Å². The van der Waals surface area contributed by atoms with Gasteiger partial charge in [0.1, 0.15) is 5.82 Å². The largest absolute Gasteiger partial charge is 0.334 e. The van der Waals surface area contributed by atoms with E-state index in [1.807, 2.05) is 4.90 Å². The van der Waals surface area contributed by atoms with Crippen molar-refractivity contribution in [3.05, 3.63) is 59.9 Å². The maximum atomic E-state index is 13.9. The van der Waals surface area contributed by atoms with Gasteiger partial charge in [0.25, 0.3) is 15.9 Å². The van der Waals surface area contributed by atoms with Gasteiger partial charge >= 0.3 is 0 Å². The van der Waals surface area contributed by atoms with Gasteiger partial charge in [-0.25, -0.2) is 12.8 Å². The Morgan fingerprint density at radius 1 is 1.03 bits per heavy atom. The molecule has 0 aliphatic carbocycles. The first-order valence-electron chi connectivity index (χ1n) is 10.3. The van der Waals surface area contributed by atoms with Crippen LogP contribution in [0.25, 0.3) is 0 Å². The van der Waals surface area contributed by atoms with Crippen LogP contribution in [0.5, 0.6) is 0 Å². The fourth-order valence-electron chi connectivity index (χ4n) is 4.27. The number of halogens is 1. The van der Waals surface area contributed by atoms with Crippen LogP contribution in [0, 0.1) is 5.82 Å². The minimum Gasteiger partial charge on any atom is -0.334 e. The molecule has 8 heteroatoms. The van der Waals surface area contributed by atoms with Gasteiger partial charge in [-0.2, -0.15) is 0 Å². The van der Waals surface area contributed by atoms with Crippen molar-refractivity contribution >= 4 is 21.6 Å². The van der Waals surface area contributed by atoms with Crippen LogP contribution in [0.4, 0.5) is 10.1 Å². The third kappa shape index (κ3) is 4.49. The van der Waals surface area contributed by atoms with Gasteiger partial charge < -0.3 is 9.80 Å². The second-order valence-electron chi connectivity index (χ2n) is 7.92. The third-order valence-electron chi connectivity index (χ3n) is 5.82. The van der Waals surface area contributed by atoms with Crippen molar-refractivity contribution in [1.29, 1.82) is 0 Å². The van der Waals surface area contributed by atoms with E-state index < -0.39 is 15.8 Å². The highest BCUT2D eigenvalue weighted by Crippen LogP contribution is 2.24. The smallest absolute Gasteiger partial charge is 0.262 e. The Morgan fingerprint density at radius 2 is 1.80 bits per heavy atom. The van der Waals surface area contributed by atoms with Crippen LogP contribution in [0.15, 0.2) is 53.4 Å². The second kappa shape index (κ2) is 8.73. The molecule has 2 aliphatic heterocycles. The quantitative estimate of drug-likeness (QED) is 0.762. The lowest BCUT2D eigenvalue weighted by atomic mass is 10.1. The summed E-state index contributed by atoms with van der Waals surface area (Å²) in [6, 6.07) is 11.7. The van der Waals surface area contributed by atoms with Gasteiger partial charge in [-0.15, -0.1) is 0 Å². The van der Waals surface area contributed by atoms with E-state index in [0.717, 1.165) is 32.5 Å². The summed E-state index contributed by atoms with van der Waals surface area (Å²) >= 11 is 0. The Bertz CT molecular complexity index is 1020. The molecule has 2 aromatic rings. The topological polar surface area (TPSA) is 69.7 Å². The van der Waals surface area contributed by atoms with Crippen LogP contribution >= 0.6 is 0 Å². The summed E-state index contributed by atoms with van der Waals surface area (Å²) < 4.78 is 41.6. The van der Waals surface area contributed by atoms with Crippen molar-refractivity contribution in [2.75, 3.05) is 30.9 Å². The summed E-state index contributed by atoms with van der Waals surface area (Å²) in [6.45, 7) is 3.71. The number of anilines is 1. The lowest BCUT2D eigenvalue weighted by molar-refractivity contribution is 0.0708. The number of likely N-dealkylation sites (tertiary alicyclic amines) is 2. The minimum absolute atomic E-state index is 0.0631. The first-order chi connectivity index (χ1) is 14.4. The first-order valence-corrected chi connectivity index (χ1v) is 11.8. The predicted octanol–water partition coefficient (Wildman–Crippen LogP) is 3.33. The molecule has 2 aromatic carbocycles. The van der Waals surface area contributed by atoms with Crippen molar-refractivity contribution < 1.29 is 17.6 Å². The Morgan fingerprint density at radius 3 is 2.57 bits per heavy atom. The van der Waals surface area contributed by atoms with Crippen LogP contribution in [0.3, 0.4) is 0 Å². The molecule has 6 nitrogen and oxygen atoms in total. The molecule has 160 valence electrons. The number of nitrogens with zero attached hydrogens (tertiary/aromatic N) is 2. The molecular formula is C22H26FN3O3S. The number of sulfonamides is 1. The number of carbonyl (C=O) groups is 1. The lowest BCUT2D eigenvalue weighted by Gasteiger charge is -2.28. The van der Waals surface area contributed by atoms with Gasteiger partial charge in [0.05, 0.1) is 10.6 Å². The van der Waals surface area contributed by atoms with Gasteiger partial charge in [-0.1, -0.05) is 18.2 Å². The summed E-state index contributed by atoms with van der Waals surface area (Å²) in [5.41, 5.74) is 0.208. The molecule has 30 heavy (non-hydrogen) atoms. The average Bonchev–Trinajstić information content (AvgIpc) is 3.42. The van der Waals surface area contributed by atoms with E-state index in [1.165, 1.54) is 43.2 Å². The Labute approximate surface area is 176 Å². The standard InChI is InChI=1S/C22H26FN3O3S/c23-20-10-1-2-11-21(20)24-30(28,29)19-9-5-7-17(15-19)22(27)26-14-6-8-18(26)16-25-12-3-4-13-25/h1-2,5,7,9-11,15,18,24H,3-4,6,8,12-14,16H2. The summed E-state index contributed by atoms with van der Waals surface area (Å²) in [5, 5.41) is 0. The normalized spacial score (nSPS) is 19.9. The molecule has 2 heterocycles. The van der Waals surface area contributed by atoms with Crippen molar-refractivity contribution in [2.24, 2.45) is 0 Å². The van der Waals surface area contributed by atoms with Gasteiger partial charge in [0.15, 0.2) is 0 Å². The summed E-state index contributed by atoms with van der Waals surface area (Å²) in [4.78, 5) is 17.4. The predicted molar refractivity (Wildman–Crippen MR) is 113 cm³/mol. The van der Waals surface area contributed by atoms with Gasteiger partial charge in [0, 0.05) is 24.7 Å². The van der Waals surface area contributed by atoms with Crippen molar-refractivity contribution in [1.82, 2.24) is 9.80 Å². The van der Waals surface area contributed by atoms with Crippen LogP contribution in [0.2, 0.25) is 0 Å². The van der Waals surface area contributed by atoms with Gasteiger partial charge in [-0.05, 0) is 69.1 Å². The zero-order valence-corrected chi connectivity index (χ0v) is 17.6. The number of para-hydroxylation sites is 1. The highest BCUT2D eigenvalue weighted by Gasteiger charge is 2.31. The molecule has 0 radical (unpaired) electrons. The maximum Gasteiger partial charge on any atom is 0.262 e. The average molecular weight is 432 g/mol. The number of hydrogen-bond donors (Lipinski definition) is 1. The molecule has 1 amide bonds. The maximum absolute atomic E-state index is 13.9. The van der Waals surface area contributed by atoms with Crippen molar-refractivity contribution in [3.63, 3.8) is 0 Å². The molecule has 1 N–H and O–H groups in total. The Kier molecular flexibility index (Phi) is 6.06. The number of amides is 1. The molecule has 1 atom stereocenters. The number of rotatable bonds is 6. The highest BCUT2D eigenvalue weighted by atomic mass is 32.2. The number of hydrogen-bond acceptors (Lipinski definition) is 4. The van der Waals surface area contributed by atoms with Gasteiger partial charge in [0.2, 0.25) is 0 Å². The lowest BCUT2D eigenvalue weighted by Crippen LogP contribution is -2.42. The molecule has 0 spiro atoms. The molecule has 0 bridgehead atoms. The van der Waals surface area contributed by atoms with E-state index in [0.29, 0.717) is 12.1 Å². The van der Waals surface area contributed by atoms with Crippen LogP contribution < -0.4 is 4.72 Å². The fraction of sp³-hybridized carbons (Fsp3) is 0.409. The molecule has 4 rings (SSSR count). The molecule has 1 unspecified atom stereocenters. The van der Waals surface area contributed by atoms with Crippen molar-refractivity contribution in [3.8, 4) is 0 Å². The summed E-state index contributed by atoms with van der Waals surface area (Å²) in [6.07, 6.45) is 4.33. The molecule has 2 aliphatic rings. The second-order valence-corrected chi connectivity index (χ2v) is 9.60. The number of benzene rings is 2. The summed E-state index contributed by atoms with van der Waals surface area (Å²) in [5.74, 6) is -0.810. The van der Waals surface area contributed by atoms with Crippen molar-refractivity contribution in [2.45, 2.75) is 36.6 Å². The first kappa shape index (κ1) is 20.8. The zero-order chi connectivity index (χ0) is 21.1. The summed E-state index contributed by atoms with van der Waals surface area (Å²) in [7, 11) is -4.02. The van der Waals surface area contributed by atoms with E-state index in [-0.39, 0.29) is 22.5 Å². The SMILES string of the molecule is O=C(c1cccc(S(=O)(=O)Nc2ccccc2F)c1)N1CCCC1CN1CCCC1. The zero-order valence-electron chi connectivity index (χ0n) is 16.8.